The van der Waals surface area contributed by atoms with Crippen LogP contribution < -0.4 is 5.32 Å². The molecule has 2 aromatic heterocycles. The van der Waals surface area contributed by atoms with Gasteiger partial charge in [-0.25, -0.2) is 0 Å². The van der Waals surface area contributed by atoms with Gasteiger partial charge < -0.3 is 10.2 Å². The van der Waals surface area contributed by atoms with Gasteiger partial charge >= 0.3 is 0 Å². The van der Waals surface area contributed by atoms with Gasteiger partial charge in [0, 0.05) is 54.2 Å². The number of rotatable bonds is 9. The van der Waals surface area contributed by atoms with E-state index < -0.39 is 0 Å². The van der Waals surface area contributed by atoms with Crippen molar-refractivity contribution in [3.05, 3.63) is 88.5 Å². The molecule has 0 fully saturated rings. The normalized spacial score (nSPS) is 16.1. The summed E-state index contributed by atoms with van der Waals surface area (Å²) in [6.45, 7) is 17.8. The quantitative estimate of drug-likeness (QED) is 0.370. The molecule has 0 spiro atoms. The van der Waals surface area contributed by atoms with Crippen molar-refractivity contribution in [2.24, 2.45) is 5.92 Å². The largest absolute Gasteiger partial charge is 0.374 e. The molecule has 1 N–H and O–H groups in total. The van der Waals surface area contributed by atoms with Gasteiger partial charge in [-0.05, 0) is 80.5 Å². The van der Waals surface area contributed by atoms with Crippen LogP contribution in [0.5, 0.6) is 0 Å². The zero-order valence-corrected chi connectivity index (χ0v) is 22.3. The van der Waals surface area contributed by atoms with Crippen LogP contribution in [0.25, 0.3) is 16.5 Å². The van der Waals surface area contributed by atoms with Crippen LogP contribution in [-0.2, 0) is 12.8 Å². The minimum atomic E-state index is 0.283. The number of benzene rings is 1. The zero-order valence-electron chi connectivity index (χ0n) is 21.5. The van der Waals surface area contributed by atoms with Crippen LogP contribution in [0.2, 0.25) is 5.02 Å². The van der Waals surface area contributed by atoms with E-state index in [4.69, 9.17) is 16.6 Å². The average Bonchev–Trinajstić information content (AvgIpc) is 2.85. The van der Waals surface area contributed by atoms with Crippen molar-refractivity contribution >= 4 is 28.1 Å². The van der Waals surface area contributed by atoms with Crippen LogP contribution in [0.4, 0.5) is 0 Å². The van der Waals surface area contributed by atoms with Crippen molar-refractivity contribution in [3.63, 3.8) is 0 Å². The van der Waals surface area contributed by atoms with Crippen LogP contribution in [0.15, 0.2) is 55.4 Å². The number of aromatic nitrogens is 2. The maximum atomic E-state index is 6.93. The summed E-state index contributed by atoms with van der Waals surface area (Å²) in [5, 5.41) is 5.11. The Morgan fingerprint density at radius 3 is 2.80 bits per heavy atom. The van der Waals surface area contributed by atoms with E-state index in [1.54, 1.807) is 0 Å². The Morgan fingerprint density at radius 1 is 1.29 bits per heavy atom. The molecule has 1 aliphatic rings. The smallest absolute Gasteiger partial charge is 0.0726 e. The van der Waals surface area contributed by atoms with Gasteiger partial charge in [-0.2, -0.15) is 0 Å². The van der Waals surface area contributed by atoms with Crippen molar-refractivity contribution in [1.82, 2.24) is 20.2 Å². The number of allylic oxidation sites excluding steroid dienone is 1. The van der Waals surface area contributed by atoms with Gasteiger partial charge in [0.15, 0.2) is 0 Å². The van der Waals surface area contributed by atoms with E-state index >= 15 is 0 Å². The lowest BCUT2D eigenvalue weighted by atomic mass is 9.82. The fourth-order valence-corrected chi connectivity index (χ4v) is 5.52. The second kappa shape index (κ2) is 10.9. The fraction of sp³-hybridized carbons (Fsp3) is 0.400. The molecule has 184 valence electrons. The predicted octanol–water partition coefficient (Wildman–Crippen LogP) is 6.57. The van der Waals surface area contributed by atoms with E-state index in [-0.39, 0.29) is 5.92 Å². The third kappa shape index (κ3) is 5.44. The third-order valence-corrected chi connectivity index (χ3v) is 7.79. The molecule has 2 heterocycles. The van der Waals surface area contributed by atoms with Crippen molar-refractivity contribution in [3.8, 4) is 0 Å². The number of hydrogen-bond acceptors (Lipinski definition) is 4. The van der Waals surface area contributed by atoms with Crippen molar-refractivity contribution < 1.29 is 0 Å². The molecule has 2 atom stereocenters. The molecule has 0 amide bonds. The molecule has 0 aliphatic heterocycles. The third-order valence-electron chi connectivity index (χ3n) is 7.35. The monoisotopic (exact) mass is 488 g/mol. The van der Waals surface area contributed by atoms with Gasteiger partial charge in [0.1, 0.15) is 0 Å². The molecule has 4 rings (SSSR count). The first-order chi connectivity index (χ1) is 16.8. The zero-order chi connectivity index (χ0) is 25.1. The molecular formula is C30H37ClN4. The number of nitrogens with one attached hydrogen (secondary N) is 1. The molecule has 35 heavy (non-hydrogen) atoms. The predicted molar refractivity (Wildman–Crippen MR) is 149 cm³/mol. The molecule has 0 radical (unpaired) electrons. The number of halogens is 1. The van der Waals surface area contributed by atoms with E-state index in [1.165, 1.54) is 16.8 Å². The Hall–Kier alpha value is -2.69. The van der Waals surface area contributed by atoms with Crippen molar-refractivity contribution in [1.29, 1.82) is 0 Å². The van der Waals surface area contributed by atoms with E-state index in [0.717, 1.165) is 77.3 Å². The molecule has 2 unspecified atom stereocenters. The molecular weight excluding hydrogens is 452 g/mol. The second-order valence-electron chi connectivity index (χ2n) is 9.94. The van der Waals surface area contributed by atoms with Crippen LogP contribution in [0.1, 0.15) is 54.3 Å². The molecule has 1 aliphatic carbocycles. The first kappa shape index (κ1) is 25.4. The van der Waals surface area contributed by atoms with Gasteiger partial charge in [0.2, 0.25) is 0 Å². The summed E-state index contributed by atoms with van der Waals surface area (Å²) in [4.78, 5) is 12.1. The first-order valence-corrected chi connectivity index (χ1v) is 12.9. The molecule has 0 saturated heterocycles. The summed E-state index contributed by atoms with van der Waals surface area (Å²) in [5.41, 5.74) is 9.01. The van der Waals surface area contributed by atoms with Gasteiger partial charge in [0.05, 0.1) is 10.5 Å². The summed E-state index contributed by atoms with van der Waals surface area (Å²) >= 11 is 6.93. The maximum absolute atomic E-state index is 6.93. The van der Waals surface area contributed by atoms with Gasteiger partial charge in [-0.15, -0.1) is 0 Å². The highest BCUT2D eigenvalue weighted by atomic mass is 35.5. The maximum Gasteiger partial charge on any atom is 0.0726 e. The Morgan fingerprint density at radius 2 is 2.09 bits per heavy atom. The van der Waals surface area contributed by atoms with Crippen molar-refractivity contribution in [2.45, 2.75) is 46.0 Å². The van der Waals surface area contributed by atoms with E-state index in [1.807, 2.05) is 19.3 Å². The standard InChI is InChI=1S/C30H37ClN4/c1-19(2)35(15-14-32-6)18-21(4)22(5)23-9-11-25-27(16-23)34-28-17-24(10-12-26(28)29(25)31)30-20(3)8-7-13-33-30/h7-9,11,13,16,21,24,32H,1,5,10,12,14-15,17-18H2,2-4,6H3. The summed E-state index contributed by atoms with van der Waals surface area (Å²) in [7, 11) is 1.98. The summed E-state index contributed by atoms with van der Waals surface area (Å²) in [6.07, 6.45) is 4.76. The first-order valence-electron chi connectivity index (χ1n) is 12.6. The molecule has 4 nitrogen and oxygen atoms in total. The van der Waals surface area contributed by atoms with Gasteiger partial charge in [-0.3, -0.25) is 9.97 Å². The van der Waals surface area contributed by atoms with Crippen LogP contribution >= 0.6 is 11.6 Å². The number of hydrogen-bond donors (Lipinski definition) is 1. The number of aryl methyl sites for hydroxylation is 1. The minimum absolute atomic E-state index is 0.283. The van der Waals surface area contributed by atoms with Crippen LogP contribution in [-0.4, -0.2) is 41.5 Å². The number of nitrogens with zero attached hydrogens (tertiary/aromatic N) is 3. The molecule has 3 aromatic rings. The second-order valence-corrected chi connectivity index (χ2v) is 10.3. The van der Waals surface area contributed by atoms with E-state index in [9.17, 15) is 0 Å². The van der Waals surface area contributed by atoms with E-state index in [0.29, 0.717) is 5.92 Å². The lowest BCUT2D eigenvalue weighted by molar-refractivity contribution is 0.323. The Bertz CT molecular complexity index is 1250. The highest BCUT2D eigenvalue weighted by Crippen LogP contribution is 2.39. The Labute approximate surface area is 215 Å². The lowest BCUT2D eigenvalue weighted by Crippen LogP contribution is -2.32. The van der Waals surface area contributed by atoms with E-state index in [2.05, 4.69) is 73.4 Å². The highest BCUT2D eigenvalue weighted by molar-refractivity contribution is 6.36. The number of likely N-dealkylation sites (N-methyl/N-ethyl adjacent to an activating group) is 1. The summed E-state index contributed by atoms with van der Waals surface area (Å²) in [6, 6.07) is 10.6. The topological polar surface area (TPSA) is 41.1 Å². The summed E-state index contributed by atoms with van der Waals surface area (Å²) in [5.74, 6) is 0.666. The van der Waals surface area contributed by atoms with Gasteiger partial charge in [-0.1, -0.05) is 49.9 Å². The molecule has 5 heteroatoms. The van der Waals surface area contributed by atoms with Crippen LogP contribution in [0, 0.1) is 12.8 Å². The Balaban J connectivity index is 1.60. The Kier molecular flexibility index (Phi) is 7.93. The minimum Gasteiger partial charge on any atom is -0.374 e. The average molecular weight is 489 g/mol. The summed E-state index contributed by atoms with van der Waals surface area (Å²) < 4.78 is 0. The highest BCUT2D eigenvalue weighted by Gasteiger charge is 2.26. The molecule has 0 saturated carbocycles. The van der Waals surface area contributed by atoms with Crippen molar-refractivity contribution in [2.75, 3.05) is 26.7 Å². The molecule has 0 bridgehead atoms. The van der Waals surface area contributed by atoms with Crippen LogP contribution in [0.3, 0.4) is 0 Å². The lowest BCUT2D eigenvalue weighted by Gasteiger charge is -2.29. The number of fused-ring (bicyclic) bond motifs is 2. The fourth-order valence-electron chi connectivity index (χ4n) is 5.16. The van der Waals surface area contributed by atoms with Gasteiger partial charge in [0.25, 0.3) is 0 Å². The molecule has 1 aromatic carbocycles. The SMILES string of the molecule is C=C(c1ccc2c(Cl)c3c(nc2c1)CC(c1ncccc1C)CC3)C(C)CN(CCNC)C(=C)C. The number of pyridine rings is 2.